The van der Waals surface area contributed by atoms with Crippen molar-refractivity contribution in [2.75, 3.05) is 7.11 Å². The van der Waals surface area contributed by atoms with E-state index in [9.17, 15) is 8.42 Å². The third kappa shape index (κ3) is 3.48. The van der Waals surface area contributed by atoms with Gasteiger partial charge in [0.1, 0.15) is 5.75 Å². The molecule has 0 aliphatic carbocycles. The molecule has 2 aromatic carbocycles. The maximum Gasteiger partial charge on any atom is 0.238 e. The van der Waals surface area contributed by atoms with Gasteiger partial charge < -0.3 is 4.74 Å². The highest BCUT2D eigenvalue weighted by atomic mass is 32.2. The minimum absolute atomic E-state index is 0.107. The molecule has 0 atom stereocenters. The molecule has 0 spiro atoms. The largest absolute Gasteiger partial charge is 0.497 e. The van der Waals surface area contributed by atoms with E-state index in [1.807, 2.05) is 47.9 Å². The highest BCUT2D eigenvalue weighted by Gasteiger charge is 2.19. The van der Waals surface area contributed by atoms with Crippen LogP contribution in [0.5, 0.6) is 5.75 Å². The molecule has 8 heteroatoms. The lowest BCUT2D eigenvalue weighted by atomic mass is 10.0. The van der Waals surface area contributed by atoms with Gasteiger partial charge in [-0.25, -0.2) is 23.5 Å². The van der Waals surface area contributed by atoms with E-state index in [0.29, 0.717) is 11.3 Å². The SMILES string of the molecule is COc1ccc(-c2nc3nc(C)ccn3c2-c2ccc(S(N)(=O)=O)c(C)c2)cc1. The molecular weight excluding hydrogens is 388 g/mol. The zero-order chi connectivity index (χ0) is 20.8. The van der Waals surface area contributed by atoms with E-state index in [-0.39, 0.29) is 4.90 Å². The Labute approximate surface area is 168 Å². The summed E-state index contributed by atoms with van der Waals surface area (Å²) >= 11 is 0. The van der Waals surface area contributed by atoms with Crippen molar-refractivity contribution in [1.29, 1.82) is 0 Å². The Morgan fingerprint density at radius 2 is 1.66 bits per heavy atom. The molecule has 29 heavy (non-hydrogen) atoms. The molecule has 4 rings (SSSR count). The normalized spacial score (nSPS) is 11.7. The number of primary sulfonamides is 1. The molecular formula is C21H20N4O3S. The molecule has 0 bridgehead atoms. The van der Waals surface area contributed by atoms with Crippen LogP contribution in [0.3, 0.4) is 0 Å². The second-order valence-electron chi connectivity index (χ2n) is 6.80. The number of rotatable bonds is 4. The molecule has 7 nitrogen and oxygen atoms in total. The maximum absolute atomic E-state index is 11.8. The Balaban J connectivity index is 1.98. The first-order valence-electron chi connectivity index (χ1n) is 8.92. The first kappa shape index (κ1) is 19.1. The third-order valence-electron chi connectivity index (χ3n) is 4.75. The lowest BCUT2D eigenvalue weighted by molar-refractivity contribution is 0.415. The Morgan fingerprint density at radius 3 is 2.28 bits per heavy atom. The Bertz CT molecular complexity index is 1330. The van der Waals surface area contributed by atoms with E-state index in [1.54, 1.807) is 26.2 Å². The predicted octanol–water partition coefficient (Wildman–Crippen LogP) is 3.34. The standard InChI is InChI=1S/C21H20N4O3S/c1-13-12-16(6-9-18(13)29(22,26)27)20-19(15-4-7-17(28-3)8-5-15)24-21-23-14(2)10-11-25(20)21/h4-12H,1-3H3,(H2,22,26,27). The summed E-state index contributed by atoms with van der Waals surface area (Å²) in [6.45, 7) is 3.63. The molecule has 0 aliphatic heterocycles. The maximum atomic E-state index is 11.8. The fourth-order valence-electron chi connectivity index (χ4n) is 3.36. The first-order valence-corrected chi connectivity index (χ1v) is 10.5. The fourth-order valence-corrected chi connectivity index (χ4v) is 4.13. The summed E-state index contributed by atoms with van der Waals surface area (Å²) in [5, 5.41) is 5.31. The van der Waals surface area contributed by atoms with Crippen LogP contribution in [0.4, 0.5) is 0 Å². The third-order valence-corrected chi connectivity index (χ3v) is 5.82. The minimum Gasteiger partial charge on any atom is -0.497 e. The van der Waals surface area contributed by atoms with Crippen molar-refractivity contribution >= 4 is 15.8 Å². The number of imidazole rings is 1. The highest BCUT2D eigenvalue weighted by Crippen LogP contribution is 2.34. The van der Waals surface area contributed by atoms with E-state index in [1.165, 1.54) is 6.07 Å². The molecule has 0 fully saturated rings. The molecule has 148 valence electrons. The molecule has 2 N–H and O–H groups in total. The number of fused-ring (bicyclic) bond motifs is 1. The van der Waals surface area contributed by atoms with E-state index in [0.717, 1.165) is 34.0 Å². The van der Waals surface area contributed by atoms with Crippen molar-refractivity contribution in [3.8, 4) is 28.3 Å². The number of hydrogen-bond acceptors (Lipinski definition) is 5. The molecule has 0 radical (unpaired) electrons. The smallest absolute Gasteiger partial charge is 0.238 e. The molecule has 0 saturated heterocycles. The molecule has 2 heterocycles. The Kier molecular flexibility index (Phi) is 4.60. The zero-order valence-corrected chi connectivity index (χ0v) is 17.1. The Hall–Kier alpha value is -3.23. The average Bonchev–Trinajstić information content (AvgIpc) is 3.05. The van der Waals surface area contributed by atoms with Gasteiger partial charge in [0.05, 0.1) is 23.4 Å². The van der Waals surface area contributed by atoms with Crippen LogP contribution in [0.2, 0.25) is 0 Å². The van der Waals surface area contributed by atoms with E-state index < -0.39 is 10.0 Å². The van der Waals surface area contributed by atoms with Gasteiger partial charge in [0, 0.05) is 23.0 Å². The lowest BCUT2D eigenvalue weighted by Crippen LogP contribution is -2.13. The zero-order valence-electron chi connectivity index (χ0n) is 16.2. The summed E-state index contributed by atoms with van der Waals surface area (Å²) in [5.41, 5.74) is 4.71. The quantitative estimate of drug-likeness (QED) is 0.558. The fraction of sp³-hybridized carbons (Fsp3) is 0.143. The van der Waals surface area contributed by atoms with Gasteiger partial charge in [-0.05, 0) is 61.9 Å². The minimum atomic E-state index is -3.79. The van der Waals surface area contributed by atoms with Gasteiger partial charge in [-0.15, -0.1) is 0 Å². The Morgan fingerprint density at radius 1 is 0.966 bits per heavy atom. The van der Waals surface area contributed by atoms with Gasteiger partial charge in [-0.2, -0.15) is 0 Å². The molecule has 0 unspecified atom stereocenters. The summed E-state index contributed by atoms with van der Waals surface area (Å²) in [6, 6.07) is 14.6. The summed E-state index contributed by atoms with van der Waals surface area (Å²) in [7, 11) is -2.17. The topological polar surface area (TPSA) is 99.6 Å². The number of sulfonamides is 1. The number of hydrogen-bond donors (Lipinski definition) is 1. The van der Waals surface area contributed by atoms with Crippen LogP contribution in [-0.4, -0.2) is 29.9 Å². The van der Waals surface area contributed by atoms with Crippen molar-refractivity contribution in [2.24, 2.45) is 5.14 Å². The number of nitrogens with zero attached hydrogens (tertiary/aromatic N) is 3. The first-order chi connectivity index (χ1) is 13.8. The molecule has 0 saturated carbocycles. The monoisotopic (exact) mass is 408 g/mol. The number of aromatic nitrogens is 3. The number of nitrogens with two attached hydrogens (primary N) is 1. The van der Waals surface area contributed by atoms with Gasteiger partial charge in [-0.1, -0.05) is 6.07 Å². The van der Waals surface area contributed by atoms with E-state index >= 15 is 0 Å². The van der Waals surface area contributed by atoms with Gasteiger partial charge in [0.15, 0.2) is 0 Å². The van der Waals surface area contributed by atoms with Gasteiger partial charge in [0.25, 0.3) is 0 Å². The second kappa shape index (κ2) is 6.98. The summed E-state index contributed by atoms with van der Waals surface area (Å²) in [6.07, 6.45) is 1.91. The molecule has 4 aromatic rings. The number of methoxy groups -OCH3 is 1. The van der Waals surface area contributed by atoms with Gasteiger partial charge in [-0.3, -0.25) is 4.40 Å². The summed E-state index contributed by atoms with van der Waals surface area (Å²) < 4.78 is 30.7. The van der Waals surface area contributed by atoms with Crippen LogP contribution in [0, 0.1) is 13.8 Å². The number of benzene rings is 2. The van der Waals surface area contributed by atoms with Crippen molar-refractivity contribution in [3.05, 3.63) is 66.0 Å². The summed E-state index contributed by atoms with van der Waals surface area (Å²) in [5.74, 6) is 1.32. The van der Waals surface area contributed by atoms with Gasteiger partial charge in [0.2, 0.25) is 15.8 Å². The number of aryl methyl sites for hydroxylation is 2. The van der Waals surface area contributed by atoms with Crippen LogP contribution in [-0.2, 0) is 10.0 Å². The van der Waals surface area contributed by atoms with Crippen molar-refractivity contribution in [1.82, 2.24) is 14.4 Å². The predicted molar refractivity (Wildman–Crippen MR) is 111 cm³/mol. The molecule has 2 aromatic heterocycles. The van der Waals surface area contributed by atoms with Crippen molar-refractivity contribution in [3.63, 3.8) is 0 Å². The van der Waals surface area contributed by atoms with Crippen molar-refractivity contribution < 1.29 is 13.2 Å². The van der Waals surface area contributed by atoms with Crippen molar-refractivity contribution in [2.45, 2.75) is 18.7 Å². The van der Waals surface area contributed by atoms with E-state index in [2.05, 4.69) is 4.98 Å². The van der Waals surface area contributed by atoms with Crippen LogP contribution < -0.4 is 9.88 Å². The lowest BCUT2D eigenvalue weighted by Gasteiger charge is -2.10. The van der Waals surface area contributed by atoms with Gasteiger partial charge >= 0.3 is 0 Å². The average molecular weight is 408 g/mol. The van der Waals surface area contributed by atoms with Crippen LogP contribution in [0.1, 0.15) is 11.3 Å². The van der Waals surface area contributed by atoms with Crippen LogP contribution in [0.25, 0.3) is 28.3 Å². The van der Waals surface area contributed by atoms with Crippen LogP contribution >= 0.6 is 0 Å². The number of ether oxygens (including phenoxy) is 1. The molecule has 0 aliphatic rings. The molecule has 0 amide bonds. The second-order valence-corrected chi connectivity index (χ2v) is 8.33. The summed E-state index contributed by atoms with van der Waals surface area (Å²) in [4.78, 5) is 9.38. The van der Waals surface area contributed by atoms with Crippen LogP contribution in [0.15, 0.2) is 59.6 Å². The highest BCUT2D eigenvalue weighted by molar-refractivity contribution is 7.89. The van der Waals surface area contributed by atoms with E-state index in [4.69, 9.17) is 14.9 Å².